The van der Waals surface area contributed by atoms with E-state index in [1.54, 1.807) is 18.2 Å². The normalized spacial score (nSPS) is 11.9. The smallest absolute Gasteiger partial charge is 0.237 e. The van der Waals surface area contributed by atoms with Crippen molar-refractivity contribution >= 4 is 23.4 Å². The number of anilines is 1. The lowest BCUT2D eigenvalue weighted by Gasteiger charge is -2.12. The van der Waals surface area contributed by atoms with Gasteiger partial charge in [-0.05, 0) is 30.7 Å². The van der Waals surface area contributed by atoms with Gasteiger partial charge < -0.3 is 5.32 Å². The summed E-state index contributed by atoms with van der Waals surface area (Å²) in [6.07, 6.45) is 0.618. The van der Waals surface area contributed by atoms with Gasteiger partial charge in [0.2, 0.25) is 11.1 Å². The lowest BCUT2D eigenvalue weighted by molar-refractivity contribution is -0.115. The second-order valence-corrected chi connectivity index (χ2v) is 6.49. The molecule has 0 bridgehead atoms. The van der Waals surface area contributed by atoms with Crippen LogP contribution in [0, 0.1) is 5.82 Å². The summed E-state index contributed by atoms with van der Waals surface area (Å²) in [4.78, 5) is 16.7. The molecule has 2 N–H and O–H groups in total. The van der Waals surface area contributed by atoms with Crippen molar-refractivity contribution in [1.82, 2.24) is 15.2 Å². The quantitative estimate of drug-likeness (QED) is 0.652. The molecule has 0 aliphatic rings. The first kappa shape index (κ1) is 17.2. The molecule has 3 rings (SSSR count). The molecule has 0 aliphatic heterocycles. The minimum atomic E-state index is -0.371. The highest BCUT2D eigenvalue weighted by Crippen LogP contribution is 2.26. The van der Waals surface area contributed by atoms with Crippen molar-refractivity contribution in [1.29, 1.82) is 0 Å². The van der Waals surface area contributed by atoms with Gasteiger partial charge in [0.15, 0.2) is 5.82 Å². The lowest BCUT2D eigenvalue weighted by atomic mass is 10.2. The van der Waals surface area contributed by atoms with E-state index in [9.17, 15) is 9.18 Å². The number of rotatable bonds is 6. The molecular formula is C18H17FN4OS. The molecular weight excluding hydrogens is 339 g/mol. The zero-order chi connectivity index (χ0) is 17.6. The van der Waals surface area contributed by atoms with E-state index in [2.05, 4.69) is 20.5 Å². The van der Waals surface area contributed by atoms with Crippen LogP contribution in [0.4, 0.5) is 10.1 Å². The maximum atomic E-state index is 13.8. The van der Waals surface area contributed by atoms with Crippen molar-refractivity contribution in [3.63, 3.8) is 0 Å². The predicted molar refractivity (Wildman–Crippen MR) is 96.8 cm³/mol. The molecule has 3 aromatic rings. The van der Waals surface area contributed by atoms with Gasteiger partial charge in [0.05, 0.1) is 10.8 Å². The van der Waals surface area contributed by atoms with Gasteiger partial charge in [0.25, 0.3) is 0 Å². The molecule has 25 heavy (non-hydrogen) atoms. The molecule has 0 radical (unpaired) electrons. The van der Waals surface area contributed by atoms with Crippen LogP contribution in [0.2, 0.25) is 0 Å². The molecule has 5 nitrogen and oxygen atoms in total. The first-order valence-electron chi connectivity index (χ1n) is 7.87. The van der Waals surface area contributed by atoms with E-state index in [1.165, 1.54) is 17.8 Å². The highest BCUT2D eigenvalue weighted by molar-refractivity contribution is 8.00. The Morgan fingerprint density at radius 2 is 1.92 bits per heavy atom. The van der Waals surface area contributed by atoms with Crippen LogP contribution < -0.4 is 5.32 Å². The molecule has 1 amide bonds. The van der Waals surface area contributed by atoms with Gasteiger partial charge in [-0.2, -0.15) is 0 Å². The Balaban J connectivity index is 1.70. The van der Waals surface area contributed by atoms with Gasteiger partial charge in [0, 0.05) is 5.69 Å². The van der Waals surface area contributed by atoms with Crippen LogP contribution in [-0.2, 0) is 4.79 Å². The molecule has 0 saturated carbocycles. The zero-order valence-corrected chi connectivity index (χ0v) is 14.4. The molecule has 1 aromatic heterocycles. The fourth-order valence-corrected chi connectivity index (χ4v) is 3.10. The van der Waals surface area contributed by atoms with E-state index in [-0.39, 0.29) is 17.0 Å². The SMILES string of the molecule is CC[C@@H](Sc1n[nH]c(-c2ccccc2F)n1)C(=O)Nc1ccccc1. The van der Waals surface area contributed by atoms with Crippen LogP contribution in [0.5, 0.6) is 0 Å². The Morgan fingerprint density at radius 1 is 1.20 bits per heavy atom. The molecule has 0 aliphatic carbocycles. The maximum absolute atomic E-state index is 13.8. The second kappa shape index (κ2) is 7.94. The number of aromatic amines is 1. The van der Waals surface area contributed by atoms with E-state index < -0.39 is 0 Å². The number of para-hydroxylation sites is 1. The van der Waals surface area contributed by atoms with E-state index in [0.29, 0.717) is 23.0 Å². The Bertz CT molecular complexity index is 853. The summed E-state index contributed by atoms with van der Waals surface area (Å²) < 4.78 is 13.8. The third-order valence-corrected chi connectivity index (χ3v) is 4.77. The largest absolute Gasteiger partial charge is 0.325 e. The number of hydrogen-bond donors (Lipinski definition) is 2. The zero-order valence-electron chi connectivity index (χ0n) is 13.6. The van der Waals surface area contributed by atoms with Gasteiger partial charge in [-0.3, -0.25) is 9.89 Å². The minimum absolute atomic E-state index is 0.115. The molecule has 1 heterocycles. The number of carbonyl (C=O) groups excluding carboxylic acids is 1. The number of carbonyl (C=O) groups is 1. The molecule has 128 valence electrons. The van der Waals surface area contributed by atoms with E-state index in [1.807, 2.05) is 37.3 Å². The average molecular weight is 356 g/mol. The van der Waals surface area contributed by atoms with Gasteiger partial charge in [-0.1, -0.05) is 49.0 Å². The molecule has 0 fully saturated rings. The Kier molecular flexibility index (Phi) is 5.45. The average Bonchev–Trinajstić information content (AvgIpc) is 3.09. The second-order valence-electron chi connectivity index (χ2n) is 5.32. The highest BCUT2D eigenvalue weighted by Gasteiger charge is 2.21. The van der Waals surface area contributed by atoms with Crippen molar-refractivity contribution in [3.05, 3.63) is 60.4 Å². The van der Waals surface area contributed by atoms with Crippen LogP contribution in [0.15, 0.2) is 59.8 Å². The number of amides is 1. The van der Waals surface area contributed by atoms with E-state index in [0.717, 1.165) is 5.69 Å². The van der Waals surface area contributed by atoms with Gasteiger partial charge in [-0.15, -0.1) is 5.10 Å². The summed E-state index contributed by atoms with van der Waals surface area (Å²) >= 11 is 1.25. The monoisotopic (exact) mass is 356 g/mol. The van der Waals surface area contributed by atoms with Gasteiger partial charge in [0.1, 0.15) is 5.82 Å². The van der Waals surface area contributed by atoms with Crippen molar-refractivity contribution in [2.45, 2.75) is 23.8 Å². The summed E-state index contributed by atoms with van der Waals surface area (Å²) in [7, 11) is 0. The van der Waals surface area contributed by atoms with Crippen LogP contribution >= 0.6 is 11.8 Å². The van der Waals surface area contributed by atoms with Crippen LogP contribution in [0.25, 0.3) is 11.4 Å². The van der Waals surface area contributed by atoms with Gasteiger partial charge in [-0.25, -0.2) is 9.37 Å². The number of hydrogen-bond acceptors (Lipinski definition) is 4. The first-order chi connectivity index (χ1) is 12.2. The molecule has 0 saturated heterocycles. The predicted octanol–water partition coefficient (Wildman–Crippen LogP) is 4.12. The molecule has 0 unspecified atom stereocenters. The summed E-state index contributed by atoms with van der Waals surface area (Å²) in [5, 5.41) is 9.76. The van der Waals surface area contributed by atoms with Gasteiger partial charge >= 0.3 is 0 Å². The van der Waals surface area contributed by atoms with Crippen LogP contribution in [0.3, 0.4) is 0 Å². The minimum Gasteiger partial charge on any atom is -0.325 e. The molecule has 7 heteroatoms. The third kappa shape index (κ3) is 4.24. The summed E-state index contributed by atoms with van der Waals surface area (Å²) in [5.41, 5.74) is 1.09. The number of H-pyrrole nitrogens is 1. The van der Waals surface area contributed by atoms with Crippen LogP contribution in [-0.4, -0.2) is 26.3 Å². The first-order valence-corrected chi connectivity index (χ1v) is 8.75. The number of aromatic nitrogens is 3. The van der Waals surface area contributed by atoms with E-state index >= 15 is 0 Å². The fraction of sp³-hybridized carbons (Fsp3) is 0.167. The number of benzene rings is 2. The Hall–Kier alpha value is -2.67. The van der Waals surface area contributed by atoms with Crippen molar-refractivity contribution in [3.8, 4) is 11.4 Å². The standard InChI is InChI=1S/C18H17FN4OS/c1-2-15(17(24)20-12-8-4-3-5-9-12)25-18-21-16(22-23-18)13-10-6-7-11-14(13)19/h3-11,15H,2H2,1H3,(H,20,24)(H,21,22,23)/t15-/m1/s1. The van der Waals surface area contributed by atoms with Crippen molar-refractivity contribution < 1.29 is 9.18 Å². The number of halogens is 1. The molecule has 2 aromatic carbocycles. The number of nitrogens with zero attached hydrogens (tertiary/aromatic N) is 2. The lowest BCUT2D eigenvalue weighted by Crippen LogP contribution is -2.24. The third-order valence-electron chi connectivity index (χ3n) is 3.55. The Morgan fingerprint density at radius 3 is 2.64 bits per heavy atom. The molecule has 0 spiro atoms. The maximum Gasteiger partial charge on any atom is 0.237 e. The summed E-state index contributed by atoms with van der Waals surface area (Å²) in [5.74, 6) is -0.140. The van der Waals surface area contributed by atoms with E-state index in [4.69, 9.17) is 0 Å². The number of thioether (sulfide) groups is 1. The highest BCUT2D eigenvalue weighted by atomic mass is 32.2. The van der Waals surface area contributed by atoms with Crippen LogP contribution in [0.1, 0.15) is 13.3 Å². The molecule has 1 atom stereocenters. The van der Waals surface area contributed by atoms with Crippen molar-refractivity contribution in [2.75, 3.05) is 5.32 Å². The summed E-state index contributed by atoms with van der Waals surface area (Å²) in [6.45, 7) is 1.92. The summed E-state index contributed by atoms with van der Waals surface area (Å²) in [6, 6.07) is 15.6. The Labute approximate surface area is 149 Å². The van der Waals surface area contributed by atoms with Crippen molar-refractivity contribution in [2.24, 2.45) is 0 Å². The topological polar surface area (TPSA) is 70.7 Å². The number of nitrogens with one attached hydrogen (secondary N) is 2. The fourth-order valence-electron chi connectivity index (χ4n) is 2.27.